The molecule has 10 heteroatoms. The first-order chi connectivity index (χ1) is 13.6. The van der Waals surface area contributed by atoms with Crippen molar-refractivity contribution < 1.29 is 32.6 Å². The number of carboxylic acid groups (broad SMARTS) is 2. The van der Waals surface area contributed by atoms with Gasteiger partial charge in [-0.25, -0.2) is 22.4 Å². The number of rotatable bonds is 6. The molecule has 3 rings (SSSR count). The smallest absolute Gasteiger partial charge is 0.348 e. The fourth-order valence-electron chi connectivity index (χ4n) is 2.66. The summed E-state index contributed by atoms with van der Waals surface area (Å²) in [6.07, 6.45) is 0. The topological polar surface area (TPSA) is 121 Å². The van der Waals surface area contributed by atoms with E-state index in [2.05, 4.69) is 4.72 Å². The van der Waals surface area contributed by atoms with E-state index >= 15 is 0 Å². The molecule has 1 aromatic heterocycles. The summed E-state index contributed by atoms with van der Waals surface area (Å²) in [6, 6.07) is 11.6. The number of anilines is 1. The third-order valence-electron chi connectivity index (χ3n) is 4.03. The van der Waals surface area contributed by atoms with Crippen LogP contribution in [-0.4, -0.2) is 30.6 Å². The lowest BCUT2D eigenvalue weighted by molar-refractivity contribution is 0.0688. The van der Waals surface area contributed by atoms with Crippen LogP contribution in [0.2, 0.25) is 0 Å². The van der Waals surface area contributed by atoms with Gasteiger partial charge in [0, 0.05) is 4.88 Å². The number of thiophene rings is 1. The minimum atomic E-state index is -4.59. The molecule has 0 saturated carbocycles. The minimum Gasteiger partial charge on any atom is -0.478 e. The number of halogens is 1. The van der Waals surface area contributed by atoms with Gasteiger partial charge in [0.15, 0.2) is 0 Å². The monoisotopic (exact) mass is 435 g/mol. The van der Waals surface area contributed by atoms with E-state index in [1.807, 2.05) is 0 Å². The number of aryl methyl sites for hydroxylation is 1. The van der Waals surface area contributed by atoms with Crippen LogP contribution in [0.3, 0.4) is 0 Å². The molecule has 0 fully saturated rings. The number of benzene rings is 2. The van der Waals surface area contributed by atoms with Gasteiger partial charge in [-0.05, 0) is 36.2 Å². The summed E-state index contributed by atoms with van der Waals surface area (Å²) < 4.78 is 41.8. The summed E-state index contributed by atoms with van der Waals surface area (Å²) in [5.41, 5.74) is 0.126. The molecule has 7 nitrogen and oxygen atoms in total. The van der Waals surface area contributed by atoms with Gasteiger partial charge in [-0.1, -0.05) is 30.3 Å². The van der Waals surface area contributed by atoms with E-state index in [1.165, 1.54) is 13.0 Å². The van der Waals surface area contributed by atoms with Crippen LogP contribution < -0.4 is 4.72 Å². The van der Waals surface area contributed by atoms with Crippen molar-refractivity contribution in [3.8, 4) is 10.4 Å². The van der Waals surface area contributed by atoms with E-state index < -0.39 is 32.7 Å². The number of nitrogens with one attached hydrogen (secondary N) is 1. The molecule has 0 spiro atoms. The summed E-state index contributed by atoms with van der Waals surface area (Å²) in [5.74, 6) is -3.91. The SMILES string of the molecule is Cc1cc(F)c(S(=O)(=O)Nc2cc(-c3ccccc3)sc2C(=O)O)cc1C(=O)O. The van der Waals surface area contributed by atoms with Gasteiger partial charge in [-0.3, -0.25) is 4.72 Å². The molecule has 29 heavy (non-hydrogen) atoms. The number of aromatic carboxylic acids is 2. The molecule has 1 heterocycles. The Bertz CT molecular complexity index is 1220. The van der Waals surface area contributed by atoms with Crippen LogP contribution in [0.15, 0.2) is 53.4 Å². The molecule has 0 unspecified atom stereocenters. The van der Waals surface area contributed by atoms with Gasteiger partial charge in [-0.15, -0.1) is 11.3 Å². The largest absolute Gasteiger partial charge is 0.478 e. The van der Waals surface area contributed by atoms with Crippen molar-refractivity contribution >= 4 is 39.0 Å². The van der Waals surface area contributed by atoms with Gasteiger partial charge in [0.1, 0.15) is 15.6 Å². The second-order valence-electron chi connectivity index (χ2n) is 6.03. The molecule has 0 amide bonds. The Morgan fingerprint density at radius 2 is 1.69 bits per heavy atom. The van der Waals surface area contributed by atoms with Gasteiger partial charge >= 0.3 is 11.9 Å². The Labute approximate surface area is 169 Å². The van der Waals surface area contributed by atoms with Gasteiger partial charge in [0.05, 0.1) is 11.3 Å². The fraction of sp³-hybridized carbons (Fsp3) is 0.0526. The zero-order valence-corrected chi connectivity index (χ0v) is 16.5. The quantitative estimate of drug-likeness (QED) is 0.537. The third-order valence-corrected chi connectivity index (χ3v) is 6.58. The number of carbonyl (C=O) groups is 2. The zero-order chi connectivity index (χ0) is 21.3. The molecule has 0 atom stereocenters. The lowest BCUT2D eigenvalue weighted by Gasteiger charge is -2.10. The van der Waals surface area contributed by atoms with E-state index in [-0.39, 0.29) is 21.7 Å². The highest BCUT2D eigenvalue weighted by molar-refractivity contribution is 7.92. The van der Waals surface area contributed by atoms with E-state index in [1.54, 1.807) is 30.3 Å². The van der Waals surface area contributed by atoms with Gasteiger partial charge in [-0.2, -0.15) is 0 Å². The molecule has 0 bridgehead atoms. The maximum atomic E-state index is 14.3. The number of hydrogen-bond acceptors (Lipinski definition) is 5. The lowest BCUT2D eigenvalue weighted by atomic mass is 10.1. The highest BCUT2D eigenvalue weighted by Crippen LogP contribution is 2.36. The minimum absolute atomic E-state index is 0.0575. The van der Waals surface area contributed by atoms with E-state index in [4.69, 9.17) is 5.11 Å². The summed E-state index contributed by atoms with van der Waals surface area (Å²) in [7, 11) is -4.59. The van der Waals surface area contributed by atoms with Crippen molar-refractivity contribution in [1.82, 2.24) is 0 Å². The van der Waals surface area contributed by atoms with Crippen molar-refractivity contribution in [3.05, 3.63) is 70.4 Å². The first kappa shape index (κ1) is 20.5. The molecular weight excluding hydrogens is 421 g/mol. The zero-order valence-electron chi connectivity index (χ0n) is 14.8. The first-order valence-electron chi connectivity index (χ1n) is 8.09. The second-order valence-corrected chi connectivity index (χ2v) is 8.74. The van der Waals surface area contributed by atoms with Crippen LogP contribution in [0, 0.1) is 12.7 Å². The van der Waals surface area contributed by atoms with Crippen LogP contribution in [0.4, 0.5) is 10.1 Å². The molecular formula is C19H14FNO6S2. The summed E-state index contributed by atoms with van der Waals surface area (Å²) >= 11 is 0.857. The van der Waals surface area contributed by atoms with E-state index in [9.17, 15) is 27.5 Å². The fourth-order valence-corrected chi connectivity index (χ4v) is 4.83. The highest BCUT2D eigenvalue weighted by Gasteiger charge is 2.26. The Hall–Kier alpha value is -3.24. The van der Waals surface area contributed by atoms with Crippen molar-refractivity contribution in [3.63, 3.8) is 0 Å². The first-order valence-corrected chi connectivity index (χ1v) is 10.4. The predicted molar refractivity (Wildman–Crippen MR) is 106 cm³/mol. The maximum absolute atomic E-state index is 14.3. The molecule has 3 aromatic rings. The Morgan fingerprint density at radius 3 is 2.28 bits per heavy atom. The van der Waals surface area contributed by atoms with E-state index in [0.29, 0.717) is 16.5 Å². The van der Waals surface area contributed by atoms with Crippen LogP contribution in [0.1, 0.15) is 25.6 Å². The average molecular weight is 435 g/mol. The standard InChI is InChI=1S/C19H14FNO6S2/c1-10-7-13(20)16(8-12(10)18(22)23)29(26,27)21-14-9-15(28-17(14)19(24)25)11-5-3-2-4-6-11/h2-9,21H,1H3,(H,22,23)(H,24,25). The Balaban J connectivity index is 2.08. The van der Waals surface area contributed by atoms with E-state index in [0.717, 1.165) is 17.4 Å². The molecule has 2 aromatic carbocycles. The maximum Gasteiger partial charge on any atom is 0.348 e. The van der Waals surface area contributed by atoms with Crippen LogP contribution >= 0.6 is 11.3 Å². The molecule has 0 aliphatic rings. The van der Waals surface area contributed by atoms with Gasteiger partial charge < -0.3 is 10.2 Å². The molecule has 0 aliphatic heterocycles. The van der Waals surface area contributed by atoms with Crippen molar-refractivity contribution in [1.29, 1.82) is 0 Å². The third kappa shape index (κ3) is 4.13. The van der Waals surface area contributed by atoms with Crippen molar-refractivity contribution in [2.24, 2.45) is 0 Å². The second kappa shape index (κ2) is 7.64. The summed E-state index contributed by atoms with van der Waals surface area (Å²) in [5, 5.41) is 18.6. The van der Waals surface area contributed by atoms with Crippen LogP contribution in [0.25, 0.3) is 10.4 Å². The molecule has 0 saturated heterocycles. The number of carboxylic acids is 2. The number of sulfonamides is 1. The van der Waals surface area contributed by atoms with Gasteiger partial charge in [0.25, 0.3) is 10.0 Å². The summed E-state index contributed by atoms with van der Waals surface area (Å²) in [6.45, 7) is 1.34. The lowest BCUT2D eigenvalue weighted by Crippen LogP contribution is -2.17. The van der Waals surface area contributed by atoms with Gasteiger partial charge in [0.2, 0.25) is 0 Å². The predicted octanol–water partition coefficient (Wildman–Crippen LogP) is 4.06. The van der Waals surface area contributed by atoms with Crippen molar-refractivity contribution in [2.75, 3.05) is 4.72 Å². The molecule has 3 N–H and O–H groups in total. The Kier molecular flexibility index (Phi) is 5.40. The van der Waals surface area contributed by atoms with Crippen LogP contribution in [0.5, 0.6) is 0 Å². The molecule has 150 valence electrons. The highest BCUT2D eigenvalue weighted by atomic mass is 32.2. The molecule has 0 radical (unpaired) electrons. The normalized spacial score (nSPS) is 11.2. The average Bonchev–Trinajstić information content (AvgIpc) is 3.05. The molecule has 0 aliphatic carbocycles. The van der Waals surface area contributed by atoms with Crippen molar-refractivity contribution in [2.45, 2.75) is 11.8 Å². The number of hydrogen-bond donors (Lipinski definition) is 3. The Morgan fingerprint density at radius 1 is 1.03 bits per heavy atom. The summed E-state index contributed by atoms with van der Waals surface area (Å²) in [4.78, 5) is 22.2. The van der Waals surface area contributed by atoms with Crippen LogP contribution in [-0.2, 0) is 10.0 Å².